The van der Waals surface area contributed by atoms with Crippen molar-refractivity contribution in [2.75, 3.05) is 0 Å². The van der Waals surface area contributed by atoms with E-state index in [0.717, 1.165) is 5.56 Å². The summed E-state index contributed by atoms with van der Waals surface area (Å²) >= 11 is 0. The highest BCUT2D eigenvalue weighted by Gasteiger charge is 2.23. The van der Waals surface area contributed by atoms with Gasteiger partial charge in [-0.2, -0.15) is 0 Å². The fourth-order valence-electron chi connectivity index (χ4n) is 1.62. The first-order chi connectivity index (χ1) is 8.00. The molecular weight excluding hydrogens is 216 g/mol. The van der Waals surface area contributed by atoms with Crippen LogP contribution >= 0.6 is 0 Å². The van der Waals surface area contributed by atoms with Crippen LogP contribution in [0.4, 0.5) is 0 Å². The molecule has 0 amide bonds. The molecule has 1 aromatic rings. The molecule has 0 aromatic heterocycles. The minimum Gasteiger partial charge on any atom is -0.450 e. The number of ketones is 1. The van der Waals surface area contributed by atoms with Crippen molar-refractivity contribution in [1.82, 2.24) is 0 Å². The lowest BCUT2D eigenvalue weighted by atomic mass is 9.98. The first-order valence-electron chi connectivity index (χ1n) is 5.75. The van der Waals surface area contributed by atoms with E-state index < -0.39 is 12.1 Å². The first-order valence-corrected chi connectivity index (χ1v) is 5.75. The zero-order valence-electron chi connectivity index (χ0n) is 10.5. The van der Waals surface area contributed by atoms with E-state index in [2.05, 4.69) is 0 Å². The van der Waals surface area contributed by atoms with Crippen molar-refractivity contribution >= 4 is 11.8 Å². The predicted molar refractivity (Wildman–Crippen MR) is 65.4 cm³/mol. The highest BCUT2D eigenvalue weighted by Crippen LogP contribution is 2.21. The molecule has 0 saturated carbocycles. The number of carbonyl (C=O) groups excluding carboxylic acids is 2. The Morgan fingerprint density at radius 2 is 1.76 bits per heavy atom. The van der Waals surface area contributed by atoms with E-state index in [1.807, 2.05) is 32.0 Å². The maximum Gasteiger partial charge on any atom is 0.303 e. The van der Waals surface area contributed by atoms with E-state index in [-0.39, 0.29) is 11.7 Å². The fraction of sp³-hybridized carbons (Fsp3) is 0.429. The van der Waals surface area contributed by atoms with Crippen LogP contribution in [0.3, 0.4) is 0 Å². The summed E-state index contributed by atoms with van der Waals surface area (Å²) in [6.07, 6.45) is -0.358. The molecule has 1 atom stereocenters. The SMILES string of the molecule is CC(=O)OC(C(=O)CC(C)C)c1ccccc1. The van der Waals surface area contributed by atoms with Crippen molar-refractivity contribution in [2.24, 2.45) is 5.92 Å². The third-order valence-corrected chi connectivity index (χ3v) is 2.29. The van der Waals surface area contributed by atoms with E-state index in [0.29, 0.717) is 6.42 Å². The second kappa shape index (κ2) is 6.18. The molecular formula is C14H18O3. The molecule has 1 unspecified atom stereocenters. The first kappa shape index (κ1) is 13.4. The number of hydrogen-bond acceptors (Lipinski definition) is 3. The van der Waals surface area contributed by atoms with Crippen molar-refractivity contribution in [3.05, 3.63) is 35.9 Å². The number of ether oxygens (including phenoxy) is 1. The number of esters is 1. The number of carbonyl (C=O) groups is 2. The van der Waals surface area contributed by atoms with Gasteiger partial charge in [0, 0.05) is 13.3 Å². The average molecular weight is 234 g/mol. The molecule has 0 saturated heterocycles. The van der Waals surface area contributed by atoms with Crippen LogP contribution in [0.5, 0.6) is 0 Å². The van der Waals surface area contributed by atoms with Gasteiger partial charge in [0.05, 0.1) is 0 Å². The zero-order chi connectivity index (χ0) is 12.8. The summed E-state index contributed by atoms with van der Waals surface area (Å²) in [7, 11) is 0. The Morgan fingerprint density at radius 1 is 1.18 bits per heavy atom. The van der Waals surface area contributed by atoms with Crippen LogP contribution in [0.15, 0.2) is 30.3 Å². The molecule has 0 N–H and O–H groups in total. The predicted octanol–water partition coefficient (Wildman–Crippen LogP) is 2.91. The fourth-order valence-corrected chi connectivity index (χ4v) is 1.62. The average Bonchev–Trinajstić information content (AvgIpc) is 2.25. The number of benzene rings is 1. The summed E-state index contributed by atoms with van der Waals surface area (Å²) in [5.41, 5.74) is 0.730. The van der Waals surface area contributed by atoms with E-state index in [4.69, 9.17) is 4.74 Å². The van der Waals surface area contributed by atoms with Gasteiger partial charge in [-0.3, -0.25) is 9.59 Å². The third kappa shape index (κ3) is 4.39. The van der Waals surface area contributed by atoms with E-state index in [9.17, 15) is 9.59 Å². The Bertz CT molecular complexity index is 382. The van der Waals surface area contributed by atoms with E-state index in [1.54, 1.807) is 12.1 Å². The second-order valence-electron chi connectivity index (χ2n) is 4.46. The van der Waals surface area contributed by atoms with Crippen molar-refractivity contribution in [3.8, 4) is 0 Å². The normalized spacial score (nSPS) is 12.2. The molecule has 0 aliphatic heterocycles. The van der Waals surface area contributed by atoms with Gasteiger partial charge in [-0.05, 0) is 11.5 Å². The highest BCUT2D eigenvalue weighted by molar-refractivity contribution is 5.86. The quantitative estimate of drug-likeness (QED) is 0.736. The molecule has 0 spiro atoms. The molecule has 0 aliphatic carbocycles. The lowest BCUT2D eigenvalue weighted by molar-refractivity contribution is -0.153. The van der Waals surface area contributed by atoms with Crippen molar-refractivity contribution < 1.29 is 14.3 Å². The van der Waals surface area contributed by atoms with Crippen molar-refractivity contribution in [2.45, 2.75) is 33.3 Å². The van der Waals surface area contributed by atoms with Crippen LogP contribution in [0.2, 0.25) is 0 Å². The summed E-state index contributed by atoms with van der Waals surface area (Å²) in [6.45, 7) is 5.25. The van der Waals surface area contributed by atoms with Gasteiger partial charge in [0.1, 0.15) is 0 Å². The smallest absolute Gasteiger partial charge is 0.303 e. The van der Waals surface area contributed by atoms with Gasteiger partial charge in [0.15, 0.2) is 11.9 Å². The van der Waals surface area contributed by atoms with Crippen molar-refractivity contribution in [1.29, 1.82) is 0 Å². The zero-order valence-corrected chi connectivity index (χ0v) is 10.5. The Morgan fingerprint density at radius 3 is 2.24 bits per heavy atom. The largest absolute Gasteiger partial charge is 0.450 e. The molecule has 92 valence electrons. The number of rotatable bonds is 5. The molecule has 3 heteroatoms. The molecule has 1 aromatic carbocycles. The minimum atomic E-state index is -0.768. The monoisotopic (exact) mass is 234 g/mol. The molecule has 1 rings (SSSR count). The third-order valence-electron chi connectivity index (χ3n) is 2.29. The van der Waals surface area contributed by atoms with Crippen LogP contribution in [-0.2, 0) is 14.3 Å². The Hall–Kier alpha value is -1.64. The lowest BCUT2D eigenvalue weighted by Gasteiger charge is -2.17. The van der Waals surface area contributed by atoms with Gasteiger partial charge in [-0.25, -0.2) is 0 Å². The van der Waals surface area contributed by atoms with Gasteiger partial charge in [0.2, 0.25) is 0 Å². The molecule has 0 heterocycles. The van der Waals surface area contributed by atoms with Gasteiger partial charge in [-0.1, -0.05) is 44.2 Å². The Labute approximate surface area is 102 Å². The molecule has 0 fully saturated rings. The summed E-state index contributed by atoms with van der Waals surface area (Å²) in [5, 5.41) is 0. The minimum absolute atomic E-state index is 0.0543. The Kier molecular flexibility index (Phi) is 4.88. The molecule has 0 radical (unpaired) electrons. The summed E-state index contributed by atoms with van der Waals surface area (Å²) in [5.74, 6) is -0.235. The number of Topliss-reactive ketones (excluding diaryl/α,β-unsaturated/α-hetero) is 1. The van der Waals surface area contributed by atoms with Crippen LogP contribution in [0.1, 0.15) is 38.9 Å². The van der Waals surface area contributed by atoms with Crippen LogP contribution < -0.4 is 0 Å². The van der Waals surface area contributed by atoms with Crippen molar-refractivity contribution in [3.63, 3.8) is 0 Å². The topological polar surface area (TPSA) is 43.4 Å². The maximum absolute atomic E-state index is 12.0. The molecule has 17 heavy (non-hydrogen) atoms. The molecule has 0 aliphatic rings. The van der Waals surface area contributed by atoms with Gasteiger partial charge in [0.25, 0.3) is 0 Å². The van der Waals surface area contributed by atoms with Crippen LogP contribution in [-0.4, -0.2) is 11.8 Å². The summed E-state index contributed by atoms with van der Waals surface area (Å²) in [4.78, 5) is 23.1. The standard InChI is InChI=1S/C14H18O3/c1-10(2)9-13(16)14(17-11(3)15)12-7-5-4-6-8-12/h4-8,10,14H,9H2,1-3H3. The van der Waals surface area contributed by atoms with Gasteiger partial charge >= 0.3 is 5.97 Å². The van der Waals surface area contributed by atoms with Crippen LogP contribution in [0.25, 0.3) is 0 Å². The lowest BCUT2D eigenvalue weighted by Crippen LogP contribution is -2.19. The molecule has 3 nitrogen and oxygen atoms in total. The second-order valence-corrected chi connectivity index (χ2v) is 4.46. The van der Waals surface area contributed by atoms with Crippen LogP contribution in [0, 0.1) is 5.92 Å². The summed E-state index contributed by atoms with van der Waals surface area (Å²) < 4.78 is 5.11. The van der Waals surface area contributed by atoms with E-state index in [1.165, 1.54) is 6.92 Å². The summed E-state index contributed by atoms with van der Waals surface area (Å²) in [6, 6.07) is 9.11. The number of hydrogen-bond donors (Lipinski definition) is 0. The van der Waals surface area contributed by atoms with E-state index >= 15 is 0 Å². The molecule has 0 bridgehead atoms. The van der Waals surface area contributed by atoms with Gasteiger partial charge in [-0.15, -0.1) is 0 Å². The Balaban J connectivity index is 2.88. The maximum atomic E-state index is 12.0. The van der Waals surface area contributed by atoms with Gasteiger partial charge < -0.3 is 4.74 Å². The highest BCUT2D eigenvalue weighted by atomic mass is 16.5.